The number of piperidine rings is 1. The van der Waals surface area contributed by atoms with Gasteiger partial charge in [0.25, 0.3) is 0 Å². The molecule has 2 aliphatic rings. The highest BCUT2D eigenvalue weighted by molar-refractivity contribution is 5.76. The molecule has 0 aliphatic carbocycles. The number of nitrogens with zero attached hydrogens (tertiary/aromatic N) is 1. The topological polar surface area (TPSA) is 61.8 Å². The second kappa shape index (κ2) is 8.49. The Bertz CT molecular complexity index is 518. The molecular formula is C19H28N2O3. The van der Waals surface area contributed by atoms with Crippen molar-refractivity contribution in [1.29, 1.82) is 0 Å². The van der Waals surface area contributed by atoms with Crippen LogP contribution in [-0.2, 0) is 16.1 Å². The van der Waals surface area contributed by atoms with Gasteiger partial charge in [0.1, 0.15) is 0 Å². The Morgan fingerprint density at radius 3 is 2.58 bits per heavy atom. The van der Waals surface area contributed by atoms with Crippen LogP contribution in [0.2, 0.25) is 0 Å². The molecule has 0 aromatic heterocycles. The Hall–Kier alpha value is -1.59. The van der Waals surface area contributed by atoms with E-state index in [1.165, 1.54) is 5.69 Å². The highest BCUT2D eigenvalue weighted by Crippen LogP contribution is 2.23. The summed E-state index contributed by atoms with van der Waals surface area (Å²) in [7, 11) is 0. The van der Waals surface area contributed by atoms with Crippen molar-refractivity contribution in [3.63, 3.8) is 0 Å². The number of hydrogen-bond acceptors (Lipinski definition) is 4. The lowest BCUT2D eigenvalue weighted by Crippen LogP contribution is -2.34. The molecule has 0 saturated carbocycles. The smallest absolute Gasteiger partial charge is 0.222 e. The molecule has 132 valence electrons. The van der Waals surface area contributed by atoms with Crippen LogP contribution < -0.4 is 10.2 Å². The summed E-state index contributed by atoms with van der Waals surface area (Å²) in [6.07, 6.45) is 4.74. The van der Waals surface area contributed by atoms with Gasteiger partial charge in [0.15, 0.2) is 0 Å². The molecule has 1 unspecified atom stereocenters. The standard InChI is InChI=1S/C19H28N2O3/c22-14-16-7-9-21(10-8-16)17-5-3-15(4-6-17)13-20-19(23)12-18-2-1-11-24-18/h3-6,16,18,22H,1-2,7-14H2,(H,20,23). The van der Waals surface area contributed by atoms with Crippen molar-refractivity contribution in [3.05, 3.63) is 29.8 Å². The third-order valence-electron chi connectivity index (χ3n) is 5.10. The molecule has 2 aliphatic heterocycles. The number of aliphatic hydroxyl groups is 1. The van der Waals surface area contributed by atoms with Crippen LogP contribution in [0.4, 0.5) is 5.69 Å². The first kappa shape index (κ1) is 17.2. The van der Waals surface area contributed by atoms with E-state index in [2.05, 4.69) is 34.5 Å². The molecule has 1 aromatic rings. The average molecular weight is 332 g/mol. The van der Waals surface area contributed by atoms with Crippen LogP contribution in [0.3, 0.4) is 0 Å². The van der Waals surface area contributed by atoms with E-state index in [1.54, 1.807) is 0 Å². The molecule has 2 saturated heterocycles. The van der Waals surface area contributed by atoms with Crippen molar-refractivity contribution >= 4 is 11.6 Å². The monoisotopic (exact) mass is 332 g/mol. The summed E-state index contributed by atoms with van der Waals surface area (Å²) in [6.45, 7) is 3.66. The summed E-state index contributed by atoms with van der Waals surface area (Å²) >= 11 is 0. The molecule has 2 fully saturated rings. The second-order valence-electron chi connectivity index (χ2n) is 6.90. The zero-order chi connectivity index (χ0) is 16.8. The lowest BCUT2D eigenvalue weighted by molar-refractivity contribution is -0.123. The van der Waals surface area contributed by atoms with Gasteiger partial charge in [-0.05, 0) is 49.3 Å². The molecule has 24 heavy (non-hydrogen) atoms. The van der Waals surface area contributed by atoms with Crippen LogP contribution in [0.15, 0.2) is 24.3 Å². The van der Waals surface area contributed by atoms with E-state index >= 15 is 0 Å². The first-order chi connectivity index (χ1) is 11.7. The number of ether oxygens (including phenoxy) is 1. The van der Waals surface area contributed by atoms with Gasteiger partial charge >= 0.3 is 0 Å². The maximum atomic E-state index is 11.9. The second-order valence-corrected chi connectivity index (χ2v) is 6.90. The Labute approximate surface area is 144 Å². The summed E-state index contributed by atoms with van der Waals surface area (Å²) in [5.41, 5.74) is 2.34. The molecule has 2 heterocycles. The minimum atomic E-state index is 0.0667. The maximum absolute atomic E-state index is 11.9. The summed E-state index contributed by atoms with van der Waals surface area (Å²) in [5.74, 6) is 0.525. The van der Waals surface area contributed by atoms with Gasteiger partial charge in [-0.15, -0.1) is 0 Å². The average Bonchev–Trinajstić information content (AvgIpc) is 3.13. The lowest BCUT2D eigenvalue weighted by atomic mass is 9.97. The molecule has 1 aromatic carbocycles. The van der Waals surface area contributed by atoms with Gasteiger partial charge in [-0.2, -0.15) is 0 Å². The number of carbonyl (C=O) groups excluding carboxylic acids is 1. The fraction of sp³-hybridized carbons (Fsp3) is 0.632. The van der Waals surface area contributed by atoms with Crippen LogP contribution in [0.5, 0.6) is 0 Å². The first-order valence-electron chi connectivity index (χ1n) is 9.07. The van der Waals surface area contributed by atoms with Crippen molar-refractivity contribution in [2.24, 2.45) is 5.92 Å². The van der Waals surface area contributed by atoms with E-state index in [-0.39, 0.29) is 12.0 Å². The van der Waals surface area contributed by atoms with E-state index in [4.69, 9.17) is 4.74 Å². The zero-order valence-electron chi connectivity index (χ0n) is 14.2. The summed E-state index contributed by atoms with van der Waals surface area (Å²) in [4.78, 5) is 14.3. The Balaban J connectivity index is 1.43. The highest BCUT2D eigenvalue weighted by Gasteiger charge is 2.19. The summed E-state index contributed by atoms with van der Waals surface area (Å²) < 4.78 is 5.49. The number of amides is 1. The van der Waals surface area contributed by atoms with Gasteiger partial charge in [0.2, 0.25) is 5.91 Å². The van der Waals surface area contributed by atoms with Gasteiger partial charge < -0.3 is 20.1 Å². The largest absolute Gasteiger partial charge is 0.396 e. The molecule has 0 spiro atoms. The fourth-order valence-corrected chi connectivity index (χ4v) is 3.48. The number of anilines is 1. The van der Waals surface area contributed by atoms with Crippen LogP contribution >= 0.6 is 0 Å². The molecule has 5 nitrogen and oxygen atoms in total. The van der Waals surface area contributed by atoms with Crippen molar-refractivity contribution in [3.8, 4) is 0 Å². The Morgan fingerprint density at radius 1 is 1.21 bits per heavy atom. The minimum absolute atomic E-state index is 0.0667. The Kier molecular flexibility index (Phi) is 6.10. The molecule has 1 atom stereocenters. The number of hydrogen-bond donors (Lipinski definition) is 2. The van der Waals surface area contributed by atoms with Crippen LogP contribution in [0, 0.1) is 5.92 Å². The molecule has 5 heteroatoms. The third kappa shape index (κ3) is 4.71. The number of carbonyl (C=O) groups is 1. The van der Waals surface area contributed by atoms with Crippen LogP contribution in [0.25, 0.3) is 0 Å². The minimum Gasteiger partial charge on any atom is -0.396 e. The van der Waals surface area contributed by atoms with E-state index in [1.807, 2.05) is 0 Å². The highest BCUT2D eigenvalue weighted by atomic mass is 16.5. The van der Waals surface area contributed by atoms with Crippen LogP contribution in [-0.4, -0.2) is 43.4 Å². The molecule has 3 rings (SSSR count). The molecular weight excluding hydrogens is 304 g/mol. The van der Waals surface area contributed by atoms with Crippen molar-refractivity contribution < 1.29 is 14.6 Å². The predicted molar refractivity (Wildman–Crippen MR) is 93.9 cm³/mol. The molecule has 2 N–H and O–H groups in total. The number of rotatable bonds is 6. The Morgan fingerprint density at radius 2 is 1.96 bits per heavy atom. The predicted octanol–water partition coefficient (Wildman–Crippen LogP) is 2.08. The third-order valence-corrected chi connectivity index (χ3v) is 5.10. The van der Waals surface area contributed by atoms with Crippen LogP contribution in [0.1, 0.15) is 37.7 Å². The maximum Gasteiger partial charge on any atom is 0.222 e. The fourth-order valence-electron chi connectivity index (χ4n) is 3.48. The first-order valence-corrected chi connectivity index (χ1v) is 9.07. The van der Waals surface area contributed by atoms with E-state index in [0.717, 1.165) is 50.9 Å². The normalized spacial score (nSPS) is 21.9. The number of aliphatic hydroxyl groups excluding tert-OH is 1. The van der Waals surface area contributed by atoms with E-state index < -0.39 is 0 Å². The summed E-state index contributed by atoms with van der Waals surface area (Å²) in [5, 5.41) is 12.2. The molecule has 0 radical (unpaired) electrons. The number of benzene rings is 1. The van der Waals surface area contributed by atoms with Gasteiger partial charge in [-0.3, -0.25) is 4.79 Å². The van der Waals surface area contributed by atoms with Gasteiger partial charge in [-0.1, -0.05) is 12.1 Å². The zero-order valence-corrected chi connectivity index (χ0v) is 14.2. The van der Waals surface area contributed by atoms with Gasteiger partial charge in [-0.25, -0.2) is 0 Å². The van der Waals surface area contributed by atoms with E-state index in [0.29, 0.717) is 25.5 Å². The number of nitrogens with one attached hydrogen (secondary N) is 1. The van der Waals surface area contributed by atoms with Gasteiger partial charge in [0, 0.05) is 38.5 Å². The quantitative estimate of drug-likeness (QED) is 0.837. The van der Waals surface area contributed by atoms with Crippen molar-refractivity contribution in [2.45, 2.75) is 44.8 Å². The SMILES string of the molecule is O=C(CC1CCCO1)NCc1ccc(N2CCC(CO)CC2)cc1. The molecule has 1 amide bonds. The molecule has 0 bridgehead atoms. The van der Waals surface area contributed by atoms with Crippen molar-refractivity contribution in [1.82, 2.24) is 5.32 Å². The van der Waals surface area contributed by atoms with Crippen molar-refractivity contribution in [2.75, 3.05) is 31.2 Å². The van der Waals surface area contributed by atoms with E-state index in [9.17, 15) is 9.90 Å². The summed E-state index contributed by atoms with van der Waals surface area (Å²) in [6, 6.07) is 8.42. The lowest BCUT2D eigenvalue weighted by Gasteiger charge is -2.33. The van der Waals surface area contributed by atoms with Gasteiger partial charge in [0.05, 0.1) is 12.5 Å².